The Labute approximate surface area is 169 Å². The van der Waals surface area contributed by atoms with E-state index >= 15 is 0 Å². The van der Waals surface area contributed by atoms with Crippen LogP contribution in [0.25, 0.3) is 22.1 Å². The molecule has 146 valence electrons. The van der Waals surface area contributed by atoms with Crippen molar-refractivity contribution in [3.8, 4) is 16.9 Å². The van der Waals surface area contributed by atoms with Crippen molar-refractivity contribution < 1.29 is 17.6 Å². The fraction of sp³-hybridized carbons (Fsp3) is 0.0870. The Morgan fingerprint density at radius 1 is 0.897 bits per heavy atom. The minimum absolute atomic E-state index is 0.0365. The van der Waals surface area contributed by atoms with Crippen LogP contribution >= 0.6 is 0 Å². The monoisotopic (exact) mass is 405 g/mol. The first-order valence-corrected chi connectivity index (χ1v) is 10.5. The topological polar surface area (TPSA) is 68.9 Å². The third-order valence-corrected chi connectivity index (χ3v) is 5.85. The normalized spacial score (nSPS) is 12.3. The van der Waals surface area contributed by atoms with Gasteiger partial charge in [-0.1, -0.05) is 48.0 Å². The van der Waals surface area contributed by atoms with Crippen LogP contribution in [0.5, 0.6) is 5.75 Å². The maximum atomic E-state index is 12.9. The molecule has 29 heavy (non-hydrogen) atoms. The average molecular weight is 405 g/mol. The average Bonchev–Trinajstić information content (AvgIpc) is 2.73. The first-order chi connectivity index (χ1) is 14.0. The highest BCUT2D eigenvalue weighted by Gasteiger charge is 2.15. The number of fused-ring (bicyclic) bond motifs is 1. The lowest BCUT2D eigenvalue weighted by Gasteiger charge is -2.07. The molecule has 0 radical (unpaired) electrons. The van der Waals surface area contributed by atoms with E-state index in [2.05, 4.69) is 4.40 Å². The first-order valence-electron chi connectivity index (χ1n) is 9.01. The van der Waals surface area contributed by atoms with Crippen molar-refractivity contribution in [1.82, 2.24) is 0 Å². The summed E-state index contributed by atoms with van der Waals surface area (Å²) in [5.74, 6) is 0.706. The van der Waals surface area contributed by atoms with Gasteiger partial charge in [-0.25, -0.2) is 0 Å². The van der Waals surface area contributed by atoms with Crippen LogP contribution in [0.15, 0.2) is 92.6 Å². The summed E-state index contributed by atoms with van der Waals surface area (Å²) in [6.45, 7) is 1.90. The lowest BCUT2D eigenvalue weighted by Crippen LogP contribution is -2.11. The van der Waals surface area contributed by atoms with Crippen LogP contribution < -0.4 is 10.3 Å². The molecule has 0 aliphatic carbocycles. The van der Waals surface area contributed by atoms with Crippen molar-refractivity contribution in [3.63, 3.8) is 0 Å². The van der Waals surface area contributed by atoms with E-state index in [1.54, 1.807) is 37.4 Å². The maximum Gasteiger partial charge on any atom is 0.285 e. The molecule has 6 heteroatoms. The number of ether oxygens (including phenoxy) is 1. The van der Waals surface area contributed by atoms with Crippen molar-refractivity contribution in [2.75, 3.05) is 7.11 Å². The van der Waals surface area contributed by atoms with Crippen molar-refractivity contribution in [2.45, 2.75) is 11.8 Å². The van der Waals surface area contributed by atoms with E-state index in [-0.39, 0.29) is 10.4 Å². The molecule has 0 aliphatic heterocycles. The van der Waals surface area contributed by atoms with Gasteiger partial charge in [0.25, 0.3) is 10.0 Å². The van der Waals surface area contributed by atoms with E-state index in [1.807, 2.05) is 55.5 Å². The number of sulfonamides is 1. The largest absolute Gasteiger partial charge is 0.497 e. The number of benzene rings is 3. The molecule has 0 saturated carbocycles. The van der Waals surface area contributed by atoms with Gasteiger partial charge < -0.3 is 9.15 Å². The summed E-state index contributed by atoms with van der Waals surface area (Å²) in [5, 5.41) is 0.852. The van der Waals surface area contributed by atoms with Gasteiger partial charge in [-0.3, -0.25) is 0 Å². The van der Waals surface area contributed by atoms with Gasteiger partial charge in [0, 0.05) is 10.9 Å². The molecule has 0 bridgehead atoms. The summed E-state index contributed by atoms with van der Waals surface area (Å²) in [5.41, 5.74) is 2.93. The molecular formula is C23H19NO4S. The molecule has 0 fully saturated rings. The highest BCUT2D eigenvalue weighted by Crippen LogP contribution is 2.24. The van der Waals surface area contributed by atoms with Crippen molar-refractivity contribution in [3.05, 3.63) is 90.0 Å². The number of methoxy groups -OCH3 is 1. The van der Waals surface area contributed by atoms with Gasteiger partial charge in [-0.2, -0.15) is 8.42 Å². The van der Waals surface area contributed by atoms with Crippen LogP contribution in [0.3, 0.4) is 0 Å². The quantitative estimate of drug-likeness (QED) is 0.493. The van der Waals surface area contributed by atoms with Crippen molar-refractivity contribution >= 4 is 21.0 Å². The van der Waals surface area contributed by atoms with E-state index in [0.29, 0.717) is 16.9 Å². The Kier molecular flexibility index (Phi) is 4.94. The Morgan fingerprint density at radius 2 is 1.59 bits per heavy atom. The highest BCUT2D eigenvalue weighted by atomic mass is 32.2. The predicted octanol–water partition coefficient (Wildman–Crippen LogP) is 4.71. The summed E-state index contributed by atoms with van der Waals surface area (Å²) in [6, 6.07) is 23.2. The van der Waals surface area contributed by atoms with Crippen LogP contribution in [0, 0.1) is 6.92 Å². The van der Waals surface area contributed by atoms with Gasteiger partial charge in [-0.05, 0) is 48.9 Å². The molecule has 5 nitrogen and oxygen atoms in total. The lowest BCUT2D eigenvalue weighted by molar-refractivity contribution is 0.415. The van der Waals surface area contributed by atoms with Crippen LogP contribution in [0.4, 0.5) is 0 Å². The van der Waals surface area contributed by atoms with Crippen molar-refractivity contribution in [1.29, 1.82) is 0 Å². The zero-order chi connectivity index (χ0) is 20.4. The van der Waals surface area contributed by atoms with Crippen LogP contribution in [0.1, 0.15) is 5.56 Å². The molecule has 3 aromatic carbocycles. The molecule has 0 spiro atoms. The molecule has 0 amide bonds. The fourth-order valence-corrected chi connectivity index (χ4v) is 3.93. The molecule has 1 heterocycles. The predicted molar refractivity (Wildman–Crippen MR) is 112 cm³/mol. The third kappa shape index (κ3) is 3.93. The molecule has 0 atom stereocenters. The molecule has 0 N–H and O–H groups in total. The van der Waals surface area contributed by atoms with Crippen LogP contribution in [-0.2, 0) is 10.0 Å². The van der Waals surface area contributed by atoms with Gasteiger partial charge in [0.15, 0.2) is 0 Å². The Hall–Kier alpha value is -3.38. The van der Waals surface area contributed by atoms with E-state index in [0.717, 1.165) is 16.5 Å². The van der Waals surface area contributed by atoms with E-state index in [4.69, 9.17) is 9.15 Å². The zero-order valence-corrected chi connectivity index (χ0v) is 16.8. The standard InChI is InChI=1S/C23H19NO4S/c1-16-7-13-20(14-8-16)29(25,26)24-23-21(17-9-11-19(27-2)12-10-17)15-18-5-3-4-6-22(18)28-23/h3-15H,1-2H3/b24-23-. The molecule has 4 aromatic rings. The van der Waals surface area contributed by atoms with Gasteiger partial charge in [0.2, 0.25) is 5.55 Å². The minimum atomic E-state index is -3.94. The van der Waals surface area contributed by atoms with E-state index in [9.17, 15) is 8.42 Å². The van der Waals surface area contributed by atoms with E-state index in [1.165, 1.54) is 0 Å². The minimum Gasteiger partial charge on any atom is -0.497 e. The number of para-hydroxylation sites is 1. The van der Waals surface area contributed by atoms with Crippen LogP contribution in [-0.4, -0.2) is 15.5 Å². The summed E-state index contributed by atoms with van der Waals surface area (Å²) >= 11 is 0. The maximum absolute atomic E-state index is 12.9. The number of aryl methyl sites for hydroxylation is 1. The van der Waals surface area contributed by atoms with Gasteiger partial charge >= 0.3 is 0 Å². The molecule has 1 aromatic heterocycles. The molecule has 0 unspecified atom stereocenters. The molecule has 4 rings (SSSR count). The Morgan fingerprint density at radius 3 is 2.28 bits per heavy atom. The zero-order valence-electron chi connectivity index (χ0n) is 16.0. The number of nitrogens with zero attached hydrogens (tertiary/aromatic N) is 1. The second kappa shape index (κ2) is 7.56. The molecular weight excluding hydrogens is 386 g/mol. The lowest BCUT2D eigenvalue weighted by atomic mass is 10.1. The third-order valence-electron chi connectivity index (χ3n) is 4.58. The van der Waals surface area contributed by atoms with E-state index < -0.39 is 10.0 Å². The first kappa shape index (κ1) is 19.0. The molecule has 0 saturated heterocycles. The van der Waals surface area contributed by atoms with Crippen LogP contribution in [0.2, 0.25) is 0 Å². The van der Waals surface area contributed by atoms with Gasteiger partial charge in [0.05, 0.1) is 12.0 Å². The SMILES string of the molecule is COc1ccc(-c2cc3ccccc3o/c2=N\S(=O)(=O)c2ccc(C)cc2)cc1. The number of rotatable bonds is 4. The summed E-state index contributed by atoms with van der Waals surface area (Å²) in [6.07, 6.45) is 0. The van der Waals surface area contributed by atoms with Crippen molar-refractivity contribution in [2.24, 2.45) is 4.40 Å². The smallest absolute Gasteiger partial charge is 0.285 e. The second-order valence-electron chi connectivity index (χ2n) is 6.61. The van der Waals surface area contributed by atoms with Gasteiger partial charge in [-0.15, -0.1) is 4.40 Å². The fourth-order valence-electron chi connectivity index (χ4n) is 2.99. The number of hydrogen-bond donors (Lipinski definition) is 0. The summed E-state index contributed by atoms with van der Waals surface area (Å²) < 4.78 is 40.9. The number of hydrogen-bond acceptors (Lipinski definition) is 4. The molecule has 0 aliphatic rings. The van der Waals surface area contributed by atoms with Gasteiger partial charge in [0.1, 0.15) is 11.3 Å². The second-order valence-corrected chi connectivity index (χ2v) is 8.22. The highest BCUT2D eigenvalue weighted by molar-refractivity contribution is 7.90. The Balaban J connectivity index is 1.96. The summed E-state index contributed by atoms with van der Waals surface area (Å²) in [4.78, 5) is 0.118. The summed E-state index contributed by atoms with van der Waals surface area (Å²) in [7, 11) is -2.34. The Bertz CT molecular complexity index is 1340.